The van der Waals surface area contributed by atoms with Gasteiger partial charge in [-0.05, 0) is 30.3 Å². The summed E-state index contributed by atoms with van der Waals surface area (Å²) in [4.78, 5) is 25.6. The molecule has 0 spiro atoms. The molecule has 2 aromatic carbocycles. The standard InChI is InChI=1S/C18H20FN3O2/c1-22(16-8-3-2-4-9-16)11-10-20-17(23)13-21-18(24)14-6-5-7-15(19)12-14/h2-9,12H,10-11,13H2,1H3,(H,20,23)(H,21,24). The maximum absolute atomic E-state index is 13.0. The number of benzene rings is 2. The third kappa shape index (κ3) is 5.39. The zero-order valence-electron chi connectivity index (χ0n) is 13.5. The molecule has 2 aromatic rings. The van der Waals surface area contributed by atoms with E-state index in [4.69, 9.17) is 0 Å². The first-order valence-electron chi connectivity index (χ1n) is 7.63. The molecule has 0 aliphatic heterocycles. The molecule has 0 saturated carbocycles. The van der Waals surface area contributed by atoms with Gasteiger partial charge in [0.1, 0.15) is 5.82 Å². The van der Waals surface area contributed by atoms with Crippen LogP contribution in [0.5, 0.6) is 0 Å². The summed E-state index contributed by atoms with van der Waals surface area (Å²) < 4.78 is 13.0. The normalized spacial score (nSPS) is 10.1. The maximum atomic E-state index is 13.0. The molecule has 0 aromatic heterocycles. The van der Waals surface area contributed by atoms with Crippen LogP contribution in [0.25, 0.3) is 0 Å². The zero-order chi connectivity index (χ0) is 17.4. The van der Waals surface area contributed by atoms with Gasteiger partial charge in [-0.1, -0.05) is 24.3 Å². The van der Waals surface area contributed by atoms with Gasteiger partial charge in [-0.2, -0.15) is 0 Å². The number of amides is 2. The summed E-state index contributed by atoms with van der Waals surface area (Å²) in [5.41, 5.74) is 1.25. The largest absolute Gasteiger partial charge is 0.373 e. The van der Waals surface area contributed by atoms with Crippen molar-refractivity contribution in [3.05, 3.63) is 66.0 Å². The number of para-hydroxylation sites is 1. The Morgan fingerprint density at radius 2 is 1.79 bits per heavy atom. The molecule has 24 heavy (non-hydrogen) atoms. The van der Waals surface area contributed by atoms with Crippen molar-refractivity contribution in [2.45, 2.75) is 0 Å². The van der Waals surface area contributed by atoms with Gasteiger partial charge in [-0.25, -0.2) is 4.39 Å². The molecule has 2 amide bonds. The number of likely N-dealkylation sites (N-methyl/N-ethyl adjacent to an activating group) is 1. The zero-order valence-corrected chi connectivity index (χ0v) is 13.5. The van der Waals surface area contributed by atoms with Crippen molar-refractivity contribution in [2.75, 3.05) is 31.6 Å². The number of hydrogen-bond donors (Lipinski definition) is 2. The van der Waals surface area contributed by atoms with Gasteiger partial charge in [0.05, 0.1) is 6.54 Å². The molecule has 6 heteroatoms. The summed E-state index contributed by atoms with van der Waals surface area (Å²) in [6.45, 7) is 0.956. The Bertz CT molecular complexity index is 692. The highest BCUT2D eigenvalue weighted by molar-refractivity contribution is 5.96. The Hall–Kier alpha value is -2.89. The van der Waals surface area contributed by atoms with Crippen LogP contribution in [-0.2, 0) is 4.79 Å². The molecule has 126 valence electrons. The average molecular weight is 329 g/mol. The first kappa shape index (κ1) is 17.5. The van der Waals surface area contributed by atoms with Crippen LogP contribution in [0.4, 0.5) is 10.1 Å². The summed E-state index contributed by atoms with van der Waals surface area (Å²) in [5.74, 6) is -1.26. The second-order valence-electron chi connectivity index (χ2n) is 5.30. The van der Waals surface area contributed by atoms with Gasteiger partial charge >= 0.3 is 0 Å². The molecule has 2 rings (SSSR count). The number of nitrogens with zero attached hydrogens (tertiary/aromatic N) is 1. The molecule has 0 saturated heterocycles. The highest BCUT2D eigenvalue weighted by Gasteiger charge is 2.08. The predicted molar refractivity (Wildman–Crippen MR) is 91.5 cm³/mol. The van der Waals surface area contributed by atoms with Crippen molar-refractivity contribution in [1.82, 2.24) is 10.6 Å². The van der Waals surface area contributed by atoms with E-state index in [1.165, 1.54) is 18.2 Å². The van der Waals surface area contributed by atoms with E-state index in [9.17, 15) is 14.0 Å². The van der Waals surface area contributed by atoms with Crippen molar-refractivity contribution >= 4 is 17.5 Å². The second-order valence-corrected chi connectivity index (χ2v) is 5.30. The van der Waals surface area contributed by atoms with E-state index in [2.05, 4.69) is 10.6 Å². The van der Waals surface area contributed by atoms with Crippen LogP contribution in [0.15, 0.2) is 54.6 Å². The van der Waals surface area contributed by atoms with Gasteiger partial charge in [-0.3, -0.25) is 9.59 Å². The number of hydrogen-bond acceptors (Lipinski definition) is 3. The molecule has 0 radical (unpaired) electrons. The molecule has 0 aliphatic carbocycles. The Morgan fingerprint density at radius 1 is 1.04 bits per heavy atom. The van der Waals surface area contributed by atoms with Gasteiger partial charge in [-0.15, -0.1) is 0 Å². The van der Waals surface area contributed by atoms with Crippen molar-refractivity contribution in [1.29, 1.82) is 0 Å². The SMILES string of the molecule is CN(CCNC(=O)CNC(=O)c1cccc(F)c1)c1ccccc1. The fourth-order valence-electron chi connectivity index (χ4n) is 2.13. The summed E-state index contributed by atoms with van der Waals surface area (Å²) in [5, 5.41) is 5.20. The third-order valence-electron chi connectivity index (χ3n) is 3.46. The van der Waals surface area contributed by atoms with E-state index in [0.29, 0.717) is 13.1 Å². The van der Waals surface area contributed by atoms with Gasteiger partial charge in [0.25, 0.3) is 5.91 Å². The first-order chi connectivity index (χ1) is 11.6. The van der Waals surface area contributed by atoms with Gasteiger partial charge in [0.2, 0.25) is 5.91 Å². The fraction of sp³-hybridized carbons (Fsp3) is 0.222. The van der Waals surface area contributed by atoms with E-state index in [1.807, 2.05) is 42.3 Å². The molecular weight excluding hydrogens is 309 g/mol. The van der Waals surface area contributed by atoms with Gasteiger partial charge in [0.15, 0.2) is 0 Å². The van der Waals surface area contributed by atoms with Crippen LogP contribution in [0.1, 0.15) is 10.4 Å². The minimum atomic E-state index is -0.490. The van der Waals surface area contributed by atoms with E-state index in [-0.39, 0.29) is 18.0 Å². The molecule has 2 N–H and O–H groups in total. The fourth-order valence-corrected chi connectivity index (χ4v) is 2.13. The summed E-state index contributed by atoms with van der Waals surface area (Å²) in [7, 11) is 1.94. The smallest absolute Gasteiger partial charge is 0.251 e. The first-order valence-corrected chi connectivity index (χ1v) is 7.63. The van der Waals surface area contributed by atoms with Crippen LogP contribution in [-0.4, -0.2) is 38.5 Å². The van der Waals surface area contributed by atoms with Gasteiger partial charge in [0, 0.05) is 31.4 Å². The molecule has 0 bridgehead atoms. The van der Waals surface area contributed by atoms with Crippen molar-refractivity contribution in [3.63, 3.8) is 0 Å². The lowest BCUT2D eigenvalue weighted by atomic mass is 10.2. The Kier molecular flexibility index (Phi) is 6.31. The van der Waals surface area contributed by atoms with Gasteiger partial charge < -0.3 is 15.5 Å². The van der Waals surface area contributed by atoms with Crippen molar-refractivity contribution < 1.29 is 14.0 Å². The van der Waals surface area contributed by atoms with Crippen LogP contribution in [0.2, 0.25) is 0 Å². The quantitative estimate of drug-likeness (QED) is 0.814. The predicted octanol–water partition coefficient (Wildman–Crippen LogP) is 1.81. The summed E-state index contributed by atoms with van der Waals surface area (Å²) in [6.07, 6.45) is 0. The van der Waals surface area contributed by atoms with Crippen LogP contribution in [0.3, 0.4) is 0 Å². The van der Waals surface area contributed by atoms with E-state index in [0.717, 1.165) is 11.8 Å². The number of rotatable bonds is 7. The van der Waals surface area contributed by atoms with Crippen LogP contribution >= 0.6 is 0 Å². The highest BCUT2D eigenvalue weighted by Crippen LogP contribution is 2.09. The minimum absolute atomic E-state index is 0.148. The lowest BCUT2D eigenvalue weighted by Crippen LogP contribution is -2.40. The number of nitrogens with one attached hydrogen (secondary N) is 2. The van der Waals surface area contributed by atoms with E-state index >= 15 is 0 Å². The second kappa shape index (κ2) is 8.67. The van der Waals surface area contributed by atoms with Crippen LogP contribution in [0, 0.1) is 5.82 Å². The Labute approximate surface area is 140 Å². The molecule has 0 unspecified atom stereocenters. The number of anilines is 1. The van der Waals surface area contributed by atoms with Crippen molar-refractivity contribution in [3.8, 4) is 0 Å². The van der Waals surface area contributed by atoms with Crippen molar-refractivity contribution in [2.24, 2.45) is 0 Å². The number of carbonyl (C=O) groups is 2. The summed E-state index contributed by atoms with van der Waals surface area (Å²) in [6, 6.07) is 15.1. The number of halogens is 1. The van der Waals surface area contributed by atoms with E-state index < -0.39 is 11.7 Å². The molecule has 0 aliphatic rings. The molecular formula is C18H20FN3O2. The lowest BCUT2D eigenvalue weighted by Gasteiger charge is -2.19. The maximum Gasteiger partial charge on any atom is 0.251 e. The lowest BCUT2D eigenvalue weighted by molar-refractivity contribution is -0.120. The summed E-state index contributed by atoms with van der Waals surface area (Å²) >= 11 is 0. The monoisotopic (exact) mass is 329 g/mol. The topological polar surface area (TPSA) is 61.4 Å². The molecule has 0 heterocycles. The third-order valence-corrected chi connectivity index (χ3v) is 3.46. The van der Waals surface area contributed by atoms with Crippen LogP contribution < -0.4 is 15.5 Å². The van der Waals surface area contributed by atoms with E-state index in [1.54, 1.807) is 0 Å². The average Bonchev–Trinajstić information content (AvgIpc) is 2.60. The Morgan fingerprint density at radius 3 is 2.50 bits per heavy atom. The molecule has 5 nitrogen and oxygen atoms in total. The highest BCUT2D eigenvalue weighted by atomic mass is 19.1. The number of carbonyl (C=O) groups excluding carboxylic acids is 2. The molecule has 0 atom stereocenters. The Balaban J connectivity index is 1.69. The molecule has 0 fully saturated rings. The minimum Gasteiger partial charge on any atom is -0.373 e.